The zero-order valence-corrected chi connectivity index (χ0v) is 10.5. The Kier molecular flexibility index (Phi) is 3.04. The lowest BCUT2D eigenvalue weighted by atomic mass is 10.00. The topological polar surface area (TPSA) is 46.2 Å². The molecule has 1 aliphatic rings. The number of nitrogens with one attached hydrogen (secondary N) is 1. The maximum absolute atomic E-state index is 12.0. The fourth-order valence-corrected chi connectivity index (χ4v) is 4.53. The number of rotatable bonds is 3. The molecule has 0 saturated carbocycles. The molecule has 0 spiro atoms. The Morgan fingerprint density at radius 1 is 1.44 bits per heavy atom. The van der Waals surface area contributed by atoms with E-state index in [2.05, 4.69) is 5.32 Å². The van der Waals surface area contributed by atoms with Crippen LogP contribution in [-0.2, 0) is 16.3 Å². The highest BCUT2D eigenvalue weighted by Crippen LogP contribution is 2.36. The van der Waals surface area contributed by atoms with Crippen molar-refractivity contribution in [3.05, 3.63) is 29.3 Å². The van der Waals surface area contributed by atoms with Crippen molar-refractivity contribution in [1.82, 2.24) is 5.32 Å². The average Bonchev–Trinajstić information content (AvgIpc) is 2.47. The lowest BCUT2D eigenvalue weighted by Crippen LogP contribution is -2.12. The van der Waals surface area contributed by atoms with Crippen molar-refractivity contribution >= 4 is 9.84 Å². The smallest absolute Gasteiger partial charge is 0.179 e. The monoisotopic (exact) mass is 239 g/mol. The molecule has 1 aliphatic heterocycles. The van der Waals surface area contributed by atoms with Crippen LogP contribution in [-0.4, -0.2) is 27.8 Å². The molecule has 0 saturated heterocycles. The quantitative estimate of drug-likeness (QED) is 0.866. The van der Waals surface area contributed by atoms with Crippen molar-refractivity contribution in [2.24, 2.45) is 0 Å². The van der Waals surface area contributed by atoms with Gasteiger partial charge in [-0.1, -0.05) is 25.1 Å². The van der Waals surface area contributed by atoms with Crippen molar-refractivity contribution in [3.63, 3.8) is 0 Å². The molecular weight excluding hydrogens is 222 g/mol. The molecule has 0 bridgehead atoms. The largest absolute Gasteiger partial charge is 0.319 e. The lowest BCUT2D eigenvalue weighted by molar-refractivity contribution is 0.597. The van der Waals surface area contributed by atoms with Gasteiger partial charge in [-0.15, -0.1) is 0 Å². The van der Waals surface area contributed by atoms with Gasteiger partial charge in [-0.25, -0.2) is 8.42 Å². The molecule has 1 aromatic carbocycles. The van der Waals surface area contributed by atoms with E-state index in [1.165, 1.54) is 0 Å². The number of hydrogen-bond acceptors (Lipinski definition) is 3. The Morgan fingerprint density at radius 2 is 2.19 bits per heavy atom. The molecule has 2 rings (SSSR count). The first-order valence-corrected chi connectivity index (χ1v) is 7.20. The maximum Gasteiger partial charge on any atom is 0.179 e. The van der Waals surface area contributed by atoms with Crippen LogP contribution in [0.1, 0.15) is 24.0 Å². The van der Waals surface area contributed by atoms with Gasteiger partial charge >= 0.3 is 0 Å². The number of likely N-dealkylation sites (N-methyl/N-ethyl adjacent to an activating group) is 1. The molecule has 1 unspecified atom stereocenters. The predicted molar refractivity (Wildman–Crippen MR) is 64.5 cm³/mol. The van der Waals surface area contributed by atoms with Crippen LogP contribution in [0.15, 0.2) is 23.1 Å². The first-order chi connectivity index (χ1) is 7.56. The second-order valence-electron chi connectivity index (χ2n) is 4.37. The van der Waals surface area contributed by atoms with Crippen LogP contribution in [0.25, 0.3) is 0 Å². The van der Waals surface area contributed by atoms with Crippen molar-refractivity contribution in [1.29, 1.82) is 0 Å². The summed E-state index contributed by atoms with van der Waals surface area (Å²) in [7, 11) is -1.17. The van der Waals surface area contributed by atoms with Crippen LogP contribution in [0.4, 0.5) is 0 Å². The van der Waals surface area contributed by atoms with Gasteiger partial charge in [-0.05, 0) is 37.1 Å². The van der Waals surface area contributed by atoms with Gasteiger partial charge in [-0.3, -0.25) is 0 Å². The minimum Gasteiger partial charge on any atom is -0.319 e. The molecule has 0 aliphatic carbocycles. The molecule has 1 atom stereocenters. The van der Waals surface area contributed by atoms with Crippen molar-refractivity contribution < 1.29 is 8.42 Å². The van der Waals surface area contributed by atoms with Crippen LogP contribution in [0.3, 0.4) is 0 Å². The molecular formula is C12H17NO2S. The third kappa shape index (κ3) is 1.87. The van der Waals surface area contributed by atoms with Gasteiger partial charge in [0, 0.05) is 0 Å². The zero-order valence-electron chi connectivity index (χ0n) is 9.66. The van der Waals surface area contributed by atoms with Crippen molar-refractivity contribution in [2.75, 3.05) is 19.3 Å². The van der Waals surface area contributed by atoms with E-state index in [4.69, 9.17) is 0 Å². The summed E-state index contributed by atoms with van der Waals surface area (Å²) in [4.78, 5) is 0.595. The van der Waals surface area contributed by atoms with Crippen LogP contribution >= 0.6 is 0 Å². The van der Waals surface area contributed by atoms with E-state index < -0.39 is 9.84 Å². The van der Waals surface area contributed by atoms with Crippen LogP contribution in [0.2, 0.25) is 0 Å². The molecule has 1 aromatic rings. The number of hydrogen-bond donors (Lipinski definition) is 1. The maximum atomic E-state index is 12.0. The van der Waals surface area contributed by atoms with E-state index in [0.29, 0.717) is 4.90 Å². The highest BCUT2D eigenvalue weighted by atomic mass is 32.2. The number of benzene rings is 1. The van der Waals surface area contributed by atoms with E-state index in [1.807, 2.05) is 32.2 Å². The molecule has 0 amide bonds. The average molecular weight is 239 g/mol. The molecule has 16 heavy (non-hydrogen) atoms. The van der Waals surface area contributed by atoms with Crippen LogP contribution < -0.4 is 5.32 Å². The van der Waals surface area contributed by atoms with Crippen LogP contribution in [0.5, 0.6) is 0 Å². The van der Waals surface area contributed by atoms with E-state index in [-0.39, 0.29) is 11.7 Å². The van der Waals surface area contributed by atoms with E-state index in [1.54, 1.807) is 0 Å². The van der Waals surface area contributed by atoms with E-state index in [0.717, 1.165) is 24.1 Å². The van der Waals surface area contributed by atoms with E-state index >= 15 is 0 Å². The molecule has 1 N–H and O–H groups in total. The minimum absolute atomic E-state index is 0.134. The Balaban J connectivity index is 2.51. The molecule has 1 heterocycles. The van der Waals surface area contributed by atoms with Gasteiger partial charge in [0.2, 0.25) is 0 Å². The van der Waals surface area contributed by atoms with Crippen molar-refractivity contribution in [2.45, 2.75) is 24.2 Å². The minimum atomic E-state index is -3.04. The fourth-order valence-electron chi connectivity index (χ4n) is 2.33. The molecule has 0 radical (unpaired) electrons. The normalized spacial score (nSPS) is 22.0. The summed E-state index contributed by atoms with van der Waals surface area (Å²) < 4.78 is 24.1. The van der Waals surface area contributed by atoms with Crippen LogP contribution in [0, 0.1) is 0 Å². The third-order valence-electron chi connectivity index (χ3n) is 3.08. The summed E-state index contributed by atoms with van der Waals surface area (Å²) in [5, 5.41) is 3.05. The third-order valence-corrected chi connectivity index (χ3v) is 5.14. The van der Waals surface area contributed by atoms with Crippen molar-refractivity contribution in [3.8, 4) is 0 Å². The summed E-state index contributed by atoms with van der Waals surface area (Å²) in [5.74, 6) is 0.397. The summed E-state index contributed by atoms with van der Waals surface area (Å²) in [6, 6.07) is 5.82. The van der Waals surface area contributed by atoms with E-state index in [9.17, 15) is 8.42 Å². The lowest BCUT2D eigenvalue weighted by Gasteiger charge is -2.08. The Morgan fingerprint density at radius 3 is 2.88 bits per heavy atom. The van der Waals surface area contributed by atoms with Gasteiger partial charge in [0.1, 0.15) is 0 Å². The summed E-state index contributed by atoms with van der Waals surface area (Å²) in [6.07, 6.45) is 0.769. The van der Waals surface area contributed by atoms with Gasteiger partial charge in [0.05, 0.1) is 10.6 Å². The van der Waals surface area contributed by atoms with Gasteiger partial charge in [0.25, 0.3) is 0 Å². The molecule has 88 valence electrons. The first kappa shape index (κ1) is 11.6. The highest BCUT2D eigenvalue weighted by molar-refractivity contribution is 7.91. The molecule has 4 heteroatoms. The zero-order chi connectivity index (χ0) is 11.8. The summed E-state index contributed by atoms with van der Waals surface area (Å²) in [5.41, 5.74) is 1.95. The number of sulfone groups is 1. The Bertz CT molecular complexity index is 494. The Labute approximate surface area is 96.8 Å². The Hall–Kier alpha value is -0.870. The summed E-state index contributed by atoms with van der Waals surface area (Å²) in [6.45, 7) is 2.78. The standard InChI is InChI=1S/C12H17NO2S/c1-9-8-16(14,15)12-10(6-7-13-2)4-3-5-11(9)12/h3-5,9,13H,6-8H2,1-2H3. The fraction of sp³-hybridized carbons (Fsp3) is 0.500. The molecule has 0 aromatic heterocycles. The first-order valence-electron chi connectivity index (χ1n) is 5.55. The molecule has 3 nitrogen and oxygen atoms in total. The van der Waals surface area contributed by atoms with Gasteiger partial charge < -0.3 is 5.32 Å². The highest BCUT2D eigenvalue weighted by Gasteiger charge is 2.33. The van der Waals surface area contributed by atoms with Gasteiger partial charge in [0.15, 0.2) is 9.84 Å². The molecule has 0 fully saturated rings. The summed E-state index contributed by atoms with van der Waals surface area (Å²) >= 11 is 0. The second-order valence-corrected chi connectivity index (χ2v) is 6.34. The number of fused-ring (bicyclic) bond motifs is 1. The second kappa shape index (κ2) is 4.18. The SMILES string of the molecule is CNCCc1cccc2c1S(=O)(=O)CC2C. The van der Waals surface area contributed by atoms with Gasteiger partial charge in [-0.2, -0.15) is 0 Å². The predicted octanol–water partition coefficient (Wildman–Crippen LogP) is 1.34.